The summed E-state index contributed by atoms with van der Waals surface area (Å²) in [6, 6.07) is 0. The smallest absolute Gasteiger partial charge is 0.103 e. The van der Waals surface area contributed by atoms with E-state index in [2.05, 4.69) is 13.8 Å². The Labute approximate surface area is 87.1 Å². The molecule has 0 aromatic rings. The molecule has 14 heavy (non-hydrogen) atoms. The van der Waals surface area contributed by atoms with E-state index in [4.69, 9.17) is 0 Å². The molecule has 2 unspecified atom stereocenters. The average Bonchev–Trinajstić information content (AvgIpc) is 2.17. The highest BCUT2D eigenvalue weighted by Gasteiger charge is 2.09. The van der Waals surface area contributed by atoms with Gasteiger partial charge >= 0.3 is 0 Å². The summed E-state index contributed by atoms with van der Waals surface area (Å²) in [6.07, 6.45) is 5.39. The highest BCUT2D eigenvalue weighted by atomic mass is 19.1. The summed E-state index contributed by atoms with van der Waals surface area (Å²) >= 11 is 0. The quantitative estimate of drug-likeness (QED) is 0.514. The molecule has 0 N–H and O–H groups in total. The summed E-state index contributed by atoms with van der Waals surface area (Å²) in [6.45, 7) is 3.85. The zero-order valence-corrected chi connectivity index (χ0v) is 9.57. The number of hydrogen-bond donors (Lipinski definition) is 0. The van der Waals surface area contributed by atoms with E-state index in [9.17, 15) is 8.78 Å². The van der Waals surface area contributed by atoms with Crippen molar-refractivity contribution < 1.29 is 8.78 Å². The Morgan fingerprint density at radius 2 is 1.71 bits per heavy atom. The molecule has 0 spiro atoms. The van der Waals surface area contributed by atoms with Crippen LogP contribution in [-0.2, 0) is 0 Å². The maximum Gasteiger partial charge on any atom is 0.103 e. The molecule has 86 valence electrons. The summed E-state index contributed by atoms with van der Waals surface area (Å²) in [5, 5.41) is 0. The summed E-state index contributed by atoms with van der Waals surface area (Å²) in [7, 11) is 0. The van der Waals surface area contributed by atoms with Crippen LogP contribution in [0.3, 0.4) is 0 Å². The fourth-order valence-corrected chi connectivity index (χ4v) is 1.85. The molecular formula is C12H24F2. The van der Waals surface area contributed by atoms with Gasteiger partial charge in [0, 0.05) is 6.42 Å². The molecule has 2 heteroatoms. The van der Waals surface area contributed by atoms with Crippen LogP contribution in [0.25, 0.3) is 0 Å². The normalized spacial score (nSPS) is 15.4. The van der Waals surface area contributed by atoms with Crippen LogP contribution in [0.4, 0.5) is 8.78 Å². The van der Waals surface area contributed by atoms with Crippen molar-refractivity contribution in [2.24, 2.45) is 5.92 Å². The van der Waals surface area contributed by atoms with Gasteiger partial charge in [-0.2, -0.15) is 0 Å². The van der Waals surface area contributed by atoms with Gasteiger partial charge in [0.05, 0.1) is 6.67 Å². The van der Waals surface area contributed by atoms with Crippen LogP contribution in [0.5, 0.6) is 0 Å². The predicted molar refractivity (Wildman–Crippen MR) is 58.0 cm³/mol. The second kappa shape index (κ2) is 9.42. The zero-order chi connectivity index (χ0) is 10.8. The van der Waals surface area contributed by atoms with Crippen molar-refractivity contribution in [3.63, 3.8) is 0 Å². The second-order valence-corrected chi connectivity index (χ2v) is 4.07. The maximum absolute atomic E-state index is 12.9. The molecule has 2 atom stereocenters. The Hall–Kier alpha value is -0.140. The van der Waals surface area contributed by atoms with Crippen LogP contribution in [0, 0.1) is 5.92 Å². The Morgan fingerprint density at radius 1 is 1.00 bits per heavy atom. The van der Waals surface area contributed by atoms with Gasteiger partial charge in [-0.1, -0.05) is 46.0 Å². The first-order valence-corrected chi connectivity index (χ1v) is 5.94. The summed E-state index contributed by atoms with van der Waals surface area (Å²) in [4.78, 5) is 0. The molecule has 0 heterocycles. The van der Waals surface area contributed by atoms with E-state index >= 15 is 0 Å². The molecule has 0 saturated heterocycles. The second-order valence-electron chi connectivity index (χ2n) is 4.07. The molecule has 0 aliphatic rings. The molecule has 0 radical (unpaired) electrons. The lowest BCUT2D eigenvalue weighted by Gasteiger charge is -2.13. The van der Waals surface area contributed by atoms with E-state index < -0.39 is 12.8 Å². The first kappa shape index (κ1) is 13.9. The SMILES string of the molecule is CCCC(CC)CCCC(F)CCF. The van der Waals surface area contributed by atoms with Crippen LogP contribution in [0.2, 0.25) is 0 Å². The third-order valence-electron chi connectivity index (χ3n) is 2.83. The first-order valence-electron chi connectivity index (χ1n) is 5.94. The van der Waals surface area contributed by atoms with E-state index in [0.29, 0.717) is 6.42 Å². The Balaban J connectivity index is 3.40. The third kappa shape index (κ3) is 7.28. The molecule has 0 aromatic heterocycles. The van der Waals surface area contributed by atoms with Crippen molar-refractivity contribution >= 4 is 0 Å². The molecule has 0 aliphatic carbocycles. The molecule has 0 aliphatic heterocycles. The lowest BCUT2D eigenvalue weighted by molar-refractivity contribution is 0.255. The molecule has 0 saturated carbocycles. The van der Waals surface area contributed by atoms with Crippen molar-refractivity contribution in [1.29, 1.82) is 0 Å². The lowest BCUT2D eigenvalue weighted by Crippen LogP contribution is -2.04. The van der Waals surface area contributed by atoms with E-state index in [1.54, 1.807) is 0 Å². The minimum Gasteiger partial charge on any atom is -0.251 e. The molecule has 0 fully saturated rings. The summed E-state index contributed by atoms with van der Waals surface area (Å²) < 4.78 is 24.7. The zero-order valence-electron chi connectivity index (χ0n) is 9.57. The maximum atomic E-state index is 12.9. The lowest BCUT2D eigenvalue weighted by atomic mass is 9.94. The highest BCUT2D eigenvalue weighted by Crippen LogP contribution is 2.20. The average molecular weight is 206 g/mol. The minimum absolute atomic E-state index is 0.0879. The van der Waals surface area contributed by atoms with Gasteiger partial charge < -0.3 is 0 Å². The van der Waals surface area contributed by atoms with Crippen molar-refractivity contribution in [2.45, 2.75) is 65.0 Å². The van der Waals surface area contributed by atoms with Gasteiger partial charge in [0.25, 0.3) is 0 Å². The fraction of sp³-hybridized carbons (Fsp3) is 1.00. The number of alkyl halides is 2. The topological polar surface area (TPSA) is 0 Å². The molecule has 0 amide bonds. The van der Waals surface area contributed by atoms with E-state index in [1.807, 2.05) is 0 Å². The standard InChI is InChI=1S/C12H24F2/c1-3-6-11(4-2)7-5-8-12(14)9-10-13/h11-12H,3-10H2,1-2H3. The van der Waals surface area contributed by atoms with Gasteiger partial charge in [0.15, 0.2) is 0 Å². The first-order chi connectivity index (χ1) is 6.74. The van der Waals surface area contributed by atoms with Crippen LogP contribution in [-0.4, -0.2) is 12.8 Å². The van der Waals surface area contributed by atoms with Crippen molar-refractivity contribution in [3.05, 3.63) is 0 Å². The molecule has 0 rings (SSSR count). The third-order valence-corrected chi connectivity index (χ3v) is 2.83. The highest BCUT2D eigenvalue weighted by molar-refractivity contribution is 4.61. The van der Waals surface area contributed by atoms with E-state index in [0.717, 1.165) is 18.8 Å². The monoisotopic (exact) mass is 206 g/mol. The van der Waals surface area contributed by atoms with Crippen LogP contribution in [0.15, 0.2) is 0 Å². The Morgan fingerprint density at radius 3 is 2.21 bits per heavy atom. The van der Waals surface area contributed by atoms with Gasteiger partial charge in [0.2, 0.25) is 0 Å². The largest absolute Gasteiger partial charge is 0.251 e. The predicted octanol–water partition coefficient (Wildman–Crippen LogP) is 4.68. The van der Waals surface area contributed by atoms with Crippen LogP contribution in [0.1, 0.15) is 58.8 Å². The number of hydrogen-bond acceptors (Lipinski definition) is 0. The van der Waals surface area contributed by atoms with Crippen molar-refractivity contribution in [1.82, 2.24) is 0 Å². The molecule has 0 nitrogen and oxygen atoms in total. The van der Waals surface area contributed by atoms with Gasteiger partial charge in [-0.3, -0.25) is 4.39 Å². The number of halogens is 2. The van der Waals surface area contributed by atoms with Crippen molar-refractivity contribution in [3.8, 4) is 0 Å². The van der Waals surface area contributed by atoms with Gasteiger partial charge in [-0.25, -0.2) is 4.39 Å². The molecular weight excluding hydrogens is 182 g/mol. The van der Waals surface area contributed by atoms with Gasteiger partial charge in [-0.05, 0) is 12.3 Å². The van der Waals surface area contributed by atoms with E-state index in [-0.39, 0.29) is 6.42 Å². The fourth-order valence-electron chi connectivity index (χ4n) is 1.85. The molecule has 0 aromatic carbocycles. The Bertz CT molecular complexity index is 115. The van der Waals surface area contributed by atoms with Crippen LogP contribution < -0.4 is 0 Å². The number of rotatable bonds is 9. The summed E-state index contributed by atoms with van der Waals surface area (Å²) in [5.74, 6) is 0.748. The van der Waals surface area contributed by atoms with Crippen LogP contribution >= 0.6 is 0 Å². The molecule has 0 bridgehead atoms. The summed E-state index contributed by atoms with van der Waals surface area (Å²) in [5.41, 5.74) is 0. The van der Waals surface area contributed by atoms with Gasteiger partial charge in [0.1, 0.15) is 6.17 Å². The van der Waals surface area contributed by atoms with Gasteiger partial charge in [-0.15, -0.1) is 0 Å². The van der Waals surface area contributed by atoms with E-state index in [1.165, 1.54) is 19.3 Å². The Kier molecular flexibility index (Phi) is 9.32. The van der Waals surface area contributed by atoms with Crippen molar-refractivity contribution in [2.75, 3.05) is 6.67 Å². The minimum atomic E-state index is -0.917.